The predicted molar refractivity (Wildman–Crippen MR) is 151 cm³/mol. The summed E-state index contributed by atoms with van der Waals surface area (Å²) in [6.45, 7) is 5.52. The molecular weight excluding hydrogens is 414 g/mol. The van der Waals surface area contributed by atoms with Crippen molar-refractivity contribution in [2.75, 3.05) is 13.2 Å². The normalized spacial score (nSPS) is 10.7. The van der Waals surface area contributed by atoms with Crippen LogP contribution in [-0.2, 0) is 25.7 Å². The van der Waals surface area contributed by atoms with Gasteiger partial charge in [0.25, 0.3) is 0 Å². The van der Waals surface area contributed by atoms with E-state index in [1.165, 1.54) is 112 Å². The van der Waals surface area contributed by atoms with Crippen molar-refractivity contribution in [1.82, 2.24) is 0 Å². The molecule has 0 aromatic heterocycles. The van der Waals surface area contributed by atoms with Crippen LogP contribution in [0.5, 0.6) is 0 Å². The number of nitrogens with two attached hydrogens (primary N) is 1. The van der Waals surface area contributed by atoms with Gasteiger partial charge in [0.2, 0.25) is 0 Å². The Balaban J connectivity index is 0.000000340. The molecule has 2 nitrogen and oxygen atoms in total. The third kappa shape index (κ3) is 16.1. The first kappa shape index (κ1) is 30.4. The summed E-state index contributed by atoms with van der Waals surface area (Å²) >= 11 is 0. The van der Waals surface area contributed by atoms with Gasteiger partial charge in [-0.1, -0.05) is 127 Å². The molecule has 0 aliphatic heterocycles. The molecule has 2 aromatic rings. The lowest BCUT2D eigenvalue weighted by atomic mass is 10.0. The molecule has 0 atom stereocenters. The van der Waals surface area contributed by atoms with Gasteiger partial charge in [0.15, 0.2) is 0 Å². The van der Waals surface area contributed by atoms with Crippen LogP contribution < -0.4 is 5.73 Å². The number of aliphatic hydroxyl groups is 1. The summed E-state index contributed by atoms with van der Waals surface area (Å²) in [5.74, 6) is 0. The molecule has 3 N–H and O–H groups in total. The standard InChI is InChI=1S/C16H27N.C16H26O/c2*1-2-3-4-5-6-7-8-15-9-11-16(12-10-15)13-14-17/h9-12H,2-8,13-14,17H2,1H3;9-12,17H,2-8,13-14H2,1H3. The van der Waals surface area contributed by atoms with Crippen molar-refractivity contribution in [2.24, 2.45) is 5.73 Å². The van der Waals surface area contributed by atoms with Gasteiger partial charge in [-0.3, -0.25) is 0 Å². The molecular formula is C32H53NO. The number of unbranched alkanes of at least 4 members (excludes halogenated alkanes) is 10. The van der Waals surface area contributed by atoms with E-state index in [4.69, 9.17) is 10.8 Å². The maximum absolute atomic E-state index is 8.83. The molecule has 0 amide bonds. The van der Waals surface area contributed by atoms with Gasteiger partial charge in [-0.2, -0.15) is 0 Å². The van der Waals surface area contributed by atoms with Gasteiger partial charge in [0.05, 0.1) is 0 Å². The minimum Gasteiger partial charge on any atom is -0.396 e. The molecule has 0 saturated heterocycles. The third-order valence-electron chi connectivity index (χ3n) is 6.52. The Bertz CT molecular complexity index is 616. The number of aliphatic hydroxyl groups excluding tert-OH is 1. The summed E-state index contributed by atoms with van der Waals surface area (Å²) in [5, 5.41) is 8.83. The van der Waals surface area contributed by atoms with E-state index in [0.717, 1.165) is 19.4 Å². The fraction of sp³-hybridized carbons (Fsp3) is 0.625. The monoisotopic (exact) mass is 467 g/mol. The number of hydrogen-bond acceptors (Lipinski definition) is 2. The van der Waals surface area contributed by atoms with Crippen LogP contribution in [0, 0.1) is 0 Å². The predicted octanol–water partition coefficient (Wildman–Crippen LogP) is 8.22. The van der Waals surface area contributed by atoms with Crippen LogP contribution in [0.25, 0.3) is 0 Å². The van der Waals surface area contributed by atoms with E-state index in [0.29, 0.717) is 0 Å². The summed E-state index contributed by atoms with van der Waals surface area (Å²) in [7, 11) is 0. The highest BCUT2D eigenvalue weighted by atomic mass is 16.2. The molecule has 0 heterocycles. The van der Waals surface area contributed by atoms with Crippen LogP contribution in [0.4, 0.5) is 0 Å². The van der Waals surface area contributed by atoms with Crippen LogP contribution in [0.2, 0.25) is 0 Å². The zero-order valence-electron chi connectivity index (χ0n) is 22.4. The smallest absolute Gasteiger partial charge is 0.0471 e. The van der Waals surface area contributed by atoms with Gasteiger partial charge < -0.3 is 10.8 Å². The molecule has 0 spiro atoms. The average molecular weight is 468 g/mol. The van der Waals surface area contributed by atoms with E-state index in [9.17, 15) is 0 Å². The van der Waals surface area contributed by atoms with Gasteiger partial charge in [0, 0.05) is 6.61 Å². The summed E-state index contributed by atoms with van der Waals surface area (Å²) in [4.78, 5) is 0. The first-order chi connectivity index (χ1) is 16.7. The highest BCUT2D eigenvalue weighted by Crippen LogP contribution is 2.12. The molecule has 2 aromatic carbocycles. The Hall–Kier alpha value is -1.64. The molecule has 0 radical (unpaired) electrons. The van der Waals surface area contributed by atoms with Gasteiger partial charge in [-0.05, 0) is 67.3 Å². The third-order valence-corrected chi connectivity index (χ3v) is 6.52. The molecule has 34 heavy (non-hydrogen) atoms. The fourth-order valence-electron chi connectivity index (χ4n) is 4.26. The Labute approximate surface area is 211 Å². The zero-order valence-corrected chi connectivity index (χ0v) is 22.4. The van der Waals surface area contributed by atoms with Crippen molar-refractivity contribution in [3.63, 3.8) is 0 Å². The van der Waals surface area contributed by atoms with Gasteiger partial charge >= 0.3 is 0 Å². The number of aryl methyl sites for hydroxylation is 2. The first-order valence-electron chi connectivity index (χ1n) is 14.2. The van der Waals surface area contributed by atoms with Crippen molar-refractivity contribution in [1.29, 1.82) is 0 Å². The number of benzene rings is 2. The molecule has 0 bridgehead atoms. The van der Waals surface area contributed by atoms with Crippen LogP contribution in [0.1, 0.15) is 113 Å². The van der Waals surface area contributed by atoms with Crippen LogP contribution in [0.3, 0.4) is 0 Å². The summed E-state index contributed by atoms with van der Waals surface area (Å²) in [6.07, 6.45) is 20.6. The maximum Gasteiger partial charge on any atom is 0.0471 e. The second-order valence-electron chi connectivity index (χ2n) is 9.68. The zero-order chi connectivity index (χ0) is 24.7. The second kappa shape index (κ2) is 21.9. The highest BCUT2D eigenvalue weighted by Gasteiger charge is 1.97. The molecule has 192 valence electrons. The van der Waals surface area contributed by atoms with Crippen molar-refractivity contribution in [3.8, 4) is 0 Å². The van der Waals surface area contributed by atoms with Crippen molar-refractivity contribution < 1.29 is 5.11 Å². The highest BCUT2D eigenvalue weighted by molar-refractivity contribution is 5.23. The maximum atomic E-state index is 8.83. The van der Waals surface area contributed by atoms with Crippen molar-refractivity contribution >= 4 is 0 Å². The van der Waals surface area contributed by atoms with Gasteiger partial charge in [-0.25, -0.2) is 0 Å². The molecule has 0 fully saturated rings. The molecule has 0 saturated carbocycles. The lowest BCUT2D eigenvalue weighted by Gasteiger charge is -2.04. The lowest BCUT2D eigenvalue weighted by Crippen LogP contribution is -2.02. The van der Waals surface area contributed by atoms with Crippen LogP contribution in [0.15, 0.2) is 48.5 Å². The molecule has 2 rings (SSSR count). The molecule has 0 unspecified atom stereocenters. The minimum absolute atomic E-state index is 0.247. The van der Waals surface area contributed by atoms with Crippen molar-refractivity contribution in [3.05, 3.63) is 70.8 Å². The van der Waals surface area contributed by atoms with Crippen LogP contribution >= 0.6 is 0 Å². The van der Waals surface area contributed by atoms with Gasteiger partial charge in [-0.15, -0.1) is 0 Å². The summed E-state index contributed by atoms with van der Waals surface area (Å²) in [5.41, 5.74) is 11.0. The fourth-order valence-corrected chi connectivity index (χ4v) is 4.26. The van der Waals surface area contributed by atoms with E-state index in [1.54, 1.807) is 0 Å². The quantitative estimate of drug-likeness (QED) is 0.217. The lowest BCUT2D eigenvalue weighted by molar-refractivity contribution is 0.299. The topological polar surface area (TPSA) is 46.2 Å². The van der Waals surface area contributed by atoms with E-state index in [1.807, 2.05) is 0 Å². The Morgan fingerprint density at radius 1 is 0.471 bits per heavy atom. The van der Waals surface area contributed by atoms with E-state index in [2.05, 4.69) is 62.4 Å². The van der Waals surface area contributed by atoms with E-state index < -0.39 is 0 Å². The molecule has 2 heteroatoms. The molecule has 0 aliphatic rings. The summed E-state index contributed by atoms with van der Waals surface area (Å²) in [6, 6.07) is 17.7. The largest absolute Gasteiger partial charge is 0.396 e. The average Bonchev–Trinajstić information content (AvgIpc) is 2.86. The minimum atomic E-state index is 0.247. The number of rotatable bonds is 18. The van der Waals surface area contributed by atoms with Crippen LogP contribution in [-0.4, -0.2) is 18.3 Å². The summed E-state index contributed by atoms with van der Waals surface area (Å²) < 4.78 is 0. The Kier molecular flexibility index (Phi) is 19.5. The van der Waals surface area contributed by atoms with E-state index in [-0.39, 0.29) is 6.61 Å². The first-order valence-corrected chi connectivity index (χ1v) is 14.2. The van der Waals surface area contributed by atoms with E-state index >= 15 is 0 Å². The molecule has 0 aliphatic carbocycles. The number of hydrogen-bond donors (Lipinski definition) is 2. The second-order valence-corrected chi connectivity index (χ2v) is 9.68. The van der Waals surface area contributed by atoms with Gasteiger partial charge in [0.1, 0.15) is 0 Å². The Morgan fingerprint density at radius 2 is 0.794 bits per heavy atom. The Morgan fingerprint density at radius 3 is 1.15 bits per heavy atom. The SMILES string of the molecule is CCCCCCCCc1ccc(CCN)cc1.CCCCCCCCc1ccc(CCO)cc1. The van der Waals surface area contributed by atoms with Crippen molar-refractivity contribution in [2.45, 2.75) is 117 Å².